The molecule has 2 aromatic heterocycles. The van der Waals surface area contributed by atoms with Crippen molar-refractivity contribution in [3.05, 3.63) is 65.4 Å². The van der Waals surface area contributed by atoms with Crippen molar-refractivity contribution in [1.82, 2.24) is 25.2 Å². The number of alkyl halides is 3. The number of fused-ring (bicyclic) bond motifs is 1. The lowest BCUT2D eigenvalue weighted by Gasteiger charge is -2.07. The van der Waals surface area contributed by atoms with Gasteiger partial charge in [0.05, 0.1) is 31.1 Å². The van der Waals surface area contributed by atoms with Gasteiger partial charge in [0, 0.05) is 18.5 Å². The van der Waals surface area contributed by atoms with Gasteiger partial charge in [-0.15, -0.1) is 0 Å². The number of hydrogen-bond acceptors (Lipinski definition) is 4. The molecular weight excluding hydrogens is 406 g/mol. The van der Waals surface area contributed by atoms with Gasteiger partial charge >= 0.3 is 6.18 Å². The van der Waals surface area contributed by atoms with Gasteiger partial charge in [0.15, 0.2) is 5.65 Å². The zero-order chi connectivity index (χ0) is 21.7. The van der Waals surface area contributed by atoms with Gasteiger partial charge in [-0.3, -0.25) is 9.59 Å². The third kappa shape index (κ3) is 6.00. The van der Waals surface area contributed by atoms with E-state index in [2.05, 4.69) is 20.7 Å². The molecule has 158 valence electrons. The highest BCUT2D eigenvalue weighted by atomic mass is 19.4. The first-order chi connectivity index (χ1) is 14.2. The van der Waals surface area contributed by atoms with Crippen LogP contribution in [-0.4, -0.2) is 32.6 Å². The van der Waals surface area contributed by atoms with Gasteiger partial charge in [-0.2, -0.15) is 18.3 Å². The first-order valence-corrected chi connectivity index (χ1v) is 8.90. The molecule has 0 spiro atoms. The number of hydrogen-bond donors (Lipinski definition) is 2. The molecule has 0 fully saturated rings. The number of aromatic nitrogens is 3. The lowest BCUT2D eigenvalue weighted by Crippen LogP contribution is -2.24. The predicted octanol–water partition coefficient (Wildman–Crippen LogP) is 2.76. The quantitative estimate of drug-likeness (QED) is 0.572. The number of nitrogens with one attached hydrogen (secondary N) is 2. The smallest absolute Gasteiger partial charge is 0.352 e. The number of imidazole rings is 1. The molecule has 1 aromatic carbocycles. The summed E-state index contributed by atoms with van der Waals surface area (Å²) in [6, 6.07) is 6.74. The number of benzene rings is 1. The molecule has 11 heteroatoms. The molecule has 3 rings (SSSR count). The fourth-order valence-corrected chi connectivity index (χ4v) is 2.57. The van der Waals surface area contributed by atoms with Gasteiger partial charge in [0.25, 0.3) is 5.91 Å². The maximum atomic E-state index is 12.9. The zero-order valence-corrected chi connectivity index (χ0v) is 15.5. The second kappa shape index (κ2) is 8.89. The Hall–Kier alpha value is -3.50. The maximum absolute atomic E-state index is 12.9. The predicted molar refractivity (Wildman–Crippen MR) is 97.7 cm³/mol. The van der Waals surface area contributed by atoms with E-state index in [4.69, 9.17) is 0 Å². The van der Waals surface area contributed by atoms with Crippen LogP contribution in [0.25, 0.3) is 5.65 Å². The van der Waals surface area contributed by atoms with E-state index in [9.17, 15) is 27.2 Å². The summed E-state index contributed by atoms with van der Waals surface area (Å²) < 4.78 is 50.8. The minimum absolute atomic E-state index is 0.0175. The van der Waals surface area contributed by atoms with Gasteiger partial charge in [0.1, 0.15) is 5.82 Å². The summed E-state index contributed by atoms with van der Waals surface area (Å²) in [5.74, 6) is -1.53. The molecule has 0 saturated carbocycles. The minimum Gasteiger partial charge on any atom is -0.352 e. The third-order valence-corrected chi connectivity index (χ3v) is 4.09. The molecule has 0 aliphatic carbocycles. The molecular formula is C19H17F4N5O2. The summed E-state index contributed by atoms with van der Waals surface area (Å²) in [6.45, 7) is 0.132. The van der Waals surface area contributed by atoms with Crippen LogP contribution in [-0.2, 0) is 17.9 Å². The Bertz CT molecular complexity index is 1050. The summed E-state index contributed by atoms with van der Waals surface area (Å²) in [5, 5.41) is 9.20. The second-order valence-corrected chi connectivity index (χ2v) is 6.48. The first-order valence-electron chi connectivity index (χ1n) is 8.90. The van der Waals surface area contributed by atoms with E-state index in [1.807, 2.05) is 0 Å². The Morgan fingerprint density at radius 1 is 1.07 bits per heavy atom. The van der Waals surface area contributed by atoms with Crippen molar-refractivity contribution in [1.29, 1.82) is 0 Å². The Morgan fingerprint density at radius 2 is 1.80 bits per heavy atom. The molecule has 30 heavy (non-hydrogen) atoms. The van der Waals surface area contributed by atoms with Crippen LogP contribution in [0.2, 0.25) is 0 Å². The molecule has 3 aromatic rings. The Balaban J connectivity index is 1.55. The number of halogens is 4. The highest BCUT2D eigenvalue weighted by Crippen LogP contribution is 2.21. The maximum Gasteiger partial charge on any atom is 0.389 e. The van der Waals surface area contributed by atoms with E-state index >= 15 is 0 Å². The van der Waals surface area contributed by atoms with Crippen LogP contribution < -0.4 is 10.6 Å². The first kappa shape index (κ1) is 21.2. The van der Waals surface area contributed by atoms with Crippen LogP contribution >= 0.6 is 0 Å². The molecule has 0 unspecified atom stereocenters. The van der Waals surface area contributed by atoms with Crippen molar-refractivity contribution < 1.29 is 27.2 Å². The molecule has 0 saturated heterocycles. The second-order valence-electron chi connectivity index (χ2n) is 6.48. The fraction of sp³-hybridized carbons (Fsp3) is 0.263. The number of amides is 2. The summed E-state index contributed by atoms with van der Waals surface area (Å²) in [7, 11) is 0. The van der Waals surface area contributed by atoms with E-state index < -0.39 is 30.7 Å². The highest BCUT2D eigenvalue weighted by molar-refractivity contribution is 5.94. The van der Waals surface area contributed by atoms with Gasteiger partial charge < -0.3 is 10.6 Å². The monoisotopic (exact) mass is 423 g/mol. The van der Waals surface area contributed by atoms with Crippen molar-refractivity contribution >= 4 is 17.5 Å². The lowest BCUT2D eigenvalue weighted by molar-refractivity contribution is -0.144. The largest absolute Gasteiger partial charge is 0.389 e. The van der Waals surface area contributed by atoms with Crippen LogP contribution in [0.15, 0.2) is 42.7 Å². The summed E-state index contributed by atoms with van der Waals surface area (Å²) in [5.41, 5.74) is 1.84. The van der Waals surface area contributed by atoms with Crippen molar-refractivity contribution in [2.24, 2.45) is 0 Å². The van der Waals surface area contributed by atoms with Gasteiger partial charge in [-0.25, -0.2) is 13.9 Å². The van der Waals surface area contributed by atoms with E-state index in [1.54, 1.807) is 12.3 Å². The number of nitrogens with zero attached hydrogens (tertiary/aromatic N) is 3. The molecule has 0 bridgehead atoms. The molecule has 0 atom stereocenters. The van der Waals surface area contributed by atoms with Gasteiger partial charge in [-0.1, -0.05) is 0 Å². The summed E-state index contributed by atoms with van der Waals surface area (Å²) in [6.07, 6.45) is -3.13. The molecule has 0 aliphatic heterocycles. The Morgan fingerprint density at radius 3 is 2.50 bits per heavy atom. The SMILES string of the molecule is O=C(CCC(F)(F)F)NCc1cnn2cc(CNC(=O)c3ccc(F)cc3)nc2c1. The third-order valence-electron chi connectivity index (χ3n) is 4.09. The van der Waals surface area contributed by atoms with Crippen LogP contribution in [0.4, 0.5) is 17.6 Å². The van der Waals surface area contributed by atoms with Crippen molar-refractivity contribution in [3.63, 3.8) is 0 Å². The Kier molecular flexibility index (Phi) is 6.28. The van der Waals surface area contributed by atoms with Crippen molar-refractivity contribution in [2.45, 2.75) is 32.1 Å². The van der Waals surface area contributed by atoms with Gasteiger partial charge in [0.2, 0.25) is 5.91 Å². The van der Waals surface area contributed by atoms with Crippen LogP contribution in [0.3, 0.4) is 0 Å². The van der Waals surface area contributed by atoms with Gasteiger partial charge in [-0.05, 0) is 35.9 Å². The fourth-order valence-electron chi connectivity index (χ4n) is 2.57. The molecule has 2 amide bonds. The van der Waals surface area contributed by atoms with Crippen LogP contribution in [0.5, 0.6) is 0 Å². The van der Waals surface area contributed by atoms with Crippen LogP contribution in [0, 0.1) is 5.82 Å². The number of rotatable bonds is 7. The van der Waals surface area contributed by atoms with Crippen LogP contribution in [0.1, 0.15) is 34.5 Å². The number of carbonyl (C=O) groups is 2. The molecule has 0 radical (unpaired) electrons. The summed E-state index contributed by atoms with van der Waals surface area (Å²) in [4.78, 5) is 27.9. The van der Waals surface area contributed by atoms with E-state index in [-0.39, 0.29) is 19.0 Å². The molecule has 2 heterocycles. The molecule has 2 N–H and O–H groups in total. The molecule has 0 aliphatic rings. The average Bonchev–Trinajstić information content (AvgIpc) is 3.11. The standard InChI is InChI=1S/C19H17F4N5O2/c20-14-3-1-13(2-4-14)18(30)25-10-15-11-28-16(27-15)7-12(9-26-28)8-24-17(29)5-6-19(21,22)23/h1-4,7,9,11H,5-6,8,10H2,(H,24,29)(H,25,30). The normalized spacial score (nSPS) is 11.5. The number of carbonyl (C=O) groups excluding carboxylic acids is 2. The lowest BCUT2D eigenvalue weighted by atomic mass is 10.2. The average molecular weight is 423 g/mol. The minimum atomic E-state index is -4.38. The van der Waals surface area contributed by atoms with E-state index in [0.29, 0.717) is 22.5 Å². The highest BCUT2D eigenvalue weighted by Gasteiger charge is 2.27. The Labute approximate surface area is 168 Å². The summed E-state index contributed by atoms with van der Waals surface area (Å²) >= 11 is 0. The van der Waals surface area contributed by atoms with E-state index in [1.165, 1.54) is 35.0 Å². The topological polar surface area (TPSA) is 88.4 Å². The van der Waals surface area contributed by atoms with Crippen molar-refractivity contribution in [2.75, 3.05) is 0 Å². The molecule has 7 nitrogen and oxygen atoms in total. The zero-order valence-electron chi connectivity index (χ0n) is 15.5. The van der Waals surface area contributed by atoms with Crippen molar-refractivity contribution in [3.8, 4) is 0 Å². The van der Waals surface area contributed by atoms with E-state index in [0.717, 1.165) is 0 Å².